The van der Waals surface area contributed by atoms with Crippen molar-refractivity contribution in [1.29, 1.82) is 0 Å². The summed E-state index contributed by atoms with van der Waals surface area (Å²) in [6, 6.07) is 13.3. The highest BCUT2D eigenvalue weighted by Gasteiger charge is 2.33. The van der Waals surface area contributed by atoms with Gasteiger partial charge in [-0.2, -0.15) is 0 Å². The molecule has 1 aliphatic rings. The van der Waals surface area contributed by atoms with Crippen LogP contribution in [0.25, 0.3) is 6.08 Å². The van der Waals surface area contributed by atoms with Gasteiger partial charge in [0.1, 0.15) is 11.5 Å². The number of carboxylic acids is 1. The summed E-state index contributed by atoms with van der Waals surface area (Å²) in [5, 5.41) is 8.77. The molecule has 10 heteroatoms. The van der Waals surface area contributed by atoms with Gasteiger partial charge >= 0.3 is 11.9 Å². The molecule has 1 aliphatic heterocycles. The molecule has 0 spiro atoms. The molecule has 0 aliphatic carbocycles. The molecule has 198 valence electrons. The van der Waals surface area contributed by atoms with Crippen molar-refractivity contribution in [2.45, 2.75) is 39.8 Å². The van der Waals surface area contributed by atoms with Crippen molar-refractivity contribution in [1.82, 2.24) is 4.57 Å². The summed E-state index contributed by atoms with van der Waals surface area (Å²) < 4.78 is 18.2. The van der Waals surface area contributed by atoms with E-state index in [0.717, 1.165) is 11.1 Å². The monoisotopic (exact) mass is 536 g/mol. The molecule has 0 bridgehead atoms. The topological polar surface area (TPSA) is 116 Å². The molecular weight excluding hydrogens is 508 g/mol. The van der Waals surface area contributed by atoms with Gasteiger partial charge in [-0.3, -0.25) is 9.36 Å². The summed E-state index contributed by atoms with van der Waals surface area (Å²) in [6.07, 6.45) is 1.73. The maximum absolute atomic E-state index is 13.7. The van der Waals surface area contributed by atoms with E-state index in [1.165, 1.54) is 15.9 Å². The molecule has 0 saturated carbocycles. The van der Waals surface area contributed by atoms with E-state index >= 15 is 0 Å². The Balaban J connectivity index is 1.79. The van der Waals surface area contributed by atoms with Crippen LogP contribution in [0.2, 0.25) is 0 Å². The van der Waals surface area contributed by atoms with Crippen molar-refractivity contribution in [3.05, 3.63) is 90.6 Å². The summed E-state index contributed by atoms with van der Waals surface area (Å²) in [4.78, 5) is 42.5. The second kappa shape index (κ2) is 11.5. The number of thiazole rings is 1. The van der Waals surface area contributed by atoms with Crippen molar-refractivity contribution in [2.75, 3.05) is 13.2 Å². The molecule has 1 unspecified atom stereocenters. The van der Waals surface area contributed by atoms with E-state index in [0.29, 0.717) is 32.1 Å². The van der Waals surface area contributed by atoms with Crippen molar-refractivity contribution in [2.24, 2.45) is 4.99 Å². The number of hydrogen-bond acceptors (Lipinski definition) is 8. The SMILES string of the molecule is CCOC(=O)C1=C(C)N=c2s/c(=C/c3ccc(OCC(=O)O)cc3)c(=O)n2C1c1ccc(OC(C)C)cc1. The van der Waals surface area contributed by atoms with Crippen LogP contribution >= 0.6 is 11.3 Å². The number of carbonyl (C=O) groups is 2. The zero-order chi connectivity index (χ0) is 27.4. The van der Waals surface area contributed by atoms with Crippen molar-refractivity contribution in [3.8, 4) is 11.5 Å². The van der Waals surface area contributed by atoms with E-state index in [1.807, 2.05) is 38.1 Å². The number of aliphatic carboxylic acids is 1. The van der Waals surface area contributed by atoms with Gasteiger partial charge in [0.25, 0.3) is 5.56 Å². The highest BCUT2D eigenvalue weighted by atomic mass is 32.1. The quantitative estimate of drug-likeness (QED) is 0.418. The zero-order valence-corrected chi connectivity index (χ0v) is 22.3. The van der Waals surface area contributed by atoms with Crippen LogP contribution in [-0.2, 0) is 14.3 Å². The lowest BCUT2D eigenvalue weighted by Crippen LogP contribution is -2.39. The number of allylic oxidation sites excluding steroid dienone is 1. The molecule has 0 saturated heterocycles. The Kier molecular flexibility index (Phi) is 8.11. The van der Waals surface area contributed by atoms with Crippen LogP contribution in [0.15, 0.2) is 69.6 Å². The number of benzene rings is 2. The van der Waals surface area contributed by atoms with Gasteiger partial charge in [0.05, 0.1) is 34.6 Å². The lowest BCUT2D eigenvalue weighted by molar-refractivity contribution is -0.140. The Bertz CT molecular complexity index is 1550. The number of hydrogen-bond donors (Lipinski definition) is 1. The fourth-order valence-corrected chi connectivity index (χ4v) is 5.11. The summed E-state index contributed by atoms with van der Waals surface area (Å²) in [5.74, 6) is -0.493. The van der Waals surface area contributed by atoms with E-state index in [4.69, 9.17) is 19.3 Å². The molecule has 9 nitrogen and oxygen atoms in total. The van der Waals surface area contributed by atoms with Gasteiger partial charge in [-0.05, 0) is 69.2 Å². The minimum atomic E-state index is -1.07. The van der Waals surface area contributed by atoms with Gasteiger partial charge < -0.3 is 19.3 Å². The number of fused-ring (bicyclic) bond motifs is 1. The predicted molar refractivity (Wildman–Crippen MR) is 142 cm³/mol. The highest BCUT2D eigenvalue weighted by molar-refractivity contribution is 7.07. The lowest BCUT2D eigenvalue weighted by atomic mass is 9.96. The molecule has 3 aromatic rings. The largest absolute Gasteiger partial charge is 0.491 e. The van der Waals surface area contributed by atoms with Crippen LogP contribution in [0.3, 0.4) is 0 Å². The number of esters is 1. The molecule has 4 rings (SSSR count). The second-order valence-electron chi connectivity index (χ2n) is 8.79. The lowest BCUT2D eigenvalue weighted by Gasteiger charge is -2.25. The molecule has 1 N–H and O–H groups in total. The first-order chi connectivity index (χ1) is 18.2. The number of nitrogens with zero attached hydrogens (tertiary/aromatic N) is 2. The third kappa shape index (κ3) is 5.86. The summed E-state index contributed by atoms with van der Waals surface area (Å²) in [7, 11) is 0. The number of aromatic nitrogens is 1. The van der Waals surface area contributed by atoms with Gasteiger partial charge in [-0.25, -0.2) is 14.6 Å². The Hall–Kier alpha value is -4.18. The molecule has 0 radical (unpaired) electrons. The van der Waals surface area contributed by atoms with Crippen LogP contribution in [-0.4, -0.2) is 40.9 Å². The minimum Gasteiger partial charge on any atom is -0.491 e. The molecule has 2 aromatic carbocycles. The average molecular weight is 537 g/mol. The average Bonchev–Trinajstić information content (AvgIpc) is 3.17. The van der Waals surface area contributed by atoms with Gasteiger partial charge in [-0.1, -0.05) is 35.6 Å². The first-order valence-electron chi connectivity index (χ1n) is 12.1. The smallest absolute Gasteiger partial charge is 0.341 e. The van der Waals surface area contributed by atoms with E-state index < -0.39 is 24.6 Å². The molecule has 38 heavy (non-hydrogen) atoms. The Morgan fingerprint density at radius 3 is 2.37 bits per heavy atom. The van der Waals surface area contributed by atoms with Gasteiger partial charge in [0.2, 0.25) is 0 Å². The van der Waals surface area contributed by atoms with Gasteiger partial charge in [0.15, 0.2) is 11.4 Å². The van der Waals surface area contributed by atoms with E-state index in [1.54, 1.807) is 44.2 Å². The maximum Gasteiger partial charge on any atom is 0.341 e. The van der Waals surface area contributed by atoms with Crippen LogP contribution < -0.4 is 24.4 Å². The standard InChI is InChI=1S/C28H28N2O7S/c1-5-35-27(34)24-17(4)29-28-30(25(24)19-8-12-21(13-9-19)37-16(2)3)26(33)22(38-28)14-18-6-10-20(11-7-18)36-15-23(31)32/h6-14,16,25H,5,15H2,1-4H3,(H,31,32)/b22-14+. The van der Waals surface area contributed by atoms with Crippen molar-refractivity contribution in [3.63, 3.8) is 0 Å². The van der Waals surface area contributed by atoms with Crippen LogP contribution in [0.1, 0.15) is 44.9 Å². The first-order valence-corrected chi connectivity index (χ1v) is 12.9. The van der Waals surface area contributed by atoms with Crippen molar-refractivity contribution >= 4 is 29.4 Å². The normalized spacial score (nSPS) is 15.2. The molecule has 2 heterocycles. The molecule has 0 amide bonds. The summed E-state index contributed by atoms with van der Waals surface area (Å²) in [6.45, 7) is 7.10. The predicted octanol–water partition coefficient (Wildman–Crippen LogP) is 3.05. The highest BCUT2D eigenvalue weighted by Crippen LogP contribution is 2.31. The van der Waals surface area contributed by atoms with Gasteiger partial charge in [0, 0.05) is 0 Å². The molecule has 1 atom stereocenters. The molecule has 0 fully saturated rings. The Labute approximate surface area is 222 Å². The van der Waals surface area contributed by atoms with Crippen LogP contribution in [0.4, 0.5) is 0 Å². The third-order valence-corrected chi connectivity index (χ3v) is 6.61. The second-order valence-corrected chi connectivity index (χ2v) is 9.80. The summed E-state index contributed by atoms with van der Waals surface area (Å²) in [5.41, 5.74) is 1.96. The van der Waals surface area contributed by atoms with Crippen LogP contribution in [0, 0.1) is 0 Å². The number of carboxylic acid groups (broad SMARTS) is 1. The van der Waals surface area contributed by atoms with Crippen LogP contribution in [0.5, 0.6) is 11.5 Å². The molecular formula is C28H28N2O7S. The zero-order valence-electron chi connectivity index (χ0n) is 21.5. The third-order valence-electron chi connectivity index (χ3n) is 5.62. The summed E-state index contributed by atoms with van der Waals surface area (Å²) >= 11 is 1.22. The van der Waals surface area contributed by atoms with Crippen molar-refractivity contribution < 1.29 is 28.9 Å². The minimum absolute atomic E-state index is 0.00792. The Morgan fingerprint density at radius 1 is 1.11 bits per heavy atom. The number of ether oxygens (including phenoxy) is 3. The number of rotatable bonds is 9. The fraction of sp³-hybridized carbons (Fsp3) is 0.286. The molecule has 1 aromatic heterocycles. The first kappa shape index (κ1) is 26.9. The van der Waals surface area contributed by atoms with E-state index in [9.17, 15) is 14.4 Å². The number of carbonyl (C=O) groups excluding carboxylic acids is 1. The van der Waals surface area contributed by atoms with E-state index in [2.05, 4.69) is 4.99 Å². The maximum atomic E-state index is 13.7. The fourth-order valence-electron chi connectivity index (χ4n) is 4.06. The van der Waals surface area contributed by atoms with E-state index in [-0.39, 0.29) is 18.3 Å². The van der Waals surface area contributed by atoms with Gasteiger partial charge in [-0.15, -0.1) is 0 Å². The Morgan fingerprint density at radius 2 is 1.76 bits per heavy atom.